The molecule has 3 unspecified atom stereocenters. The van der Waals surface area contributed by atoms with Crippen LogP contribution in [0.1, 0.15) is 17.9 Å². The van der Waals surface area contributed by atoms with Crippen molar-refractivity contribution in [2.75, 3.05) is 19.5 Å². The fourth-order valence-corrected chi connectivity index (χ4v) is 3.22. The summed E-state index contributed by atoms with van der Waals surface area (Å²) < 4.78 is 24.2. The van der Waals surface area contributed by atoms with Gasteiger partial charge in [0.2, 0.25) is 5.91 Å². The Morgan fingerprint density at radius 1 is 1.18 bits per heavy atom. The summed E-state index contributed by atoms with van der Waals surface area (Å²) in [6.45, 7) is 0. The van der Waals surface area contributed by atoms with Gasteiger partial charge in [-0.1, -0.05) is 18.2 Å². The molecule has 3 atom stereocenters. The van der Waals surface area contributed by atoms with Crippen LogP contribution in [0.5, 0.6) is 11.5 Å². The number of amides is 1. The van der Waals surface area contributed by atoms with Gasteiger partial charge in [0.1, 0.15) is 5.82 Å². The zero-order valence-corrected chi connectivity index (χ0v) is 15.4. The summed E-state index contributed by atoms with van der Waals surface area (Å²) in [5, 5.41) is 11.9. The van der Waals surface area contributed by atoms with Gasteiger partial charge in [0.25, 0.3) is 0 Å². The lowest BCUT2D eigenvalue weighted by Gasteiger charge is -2.12. The van der Waals surface area contributed by atoms with Crippen molar-refractivity contribution < 1.29 is 23.5 Å². The minimum atomic E-state index is -1.46. The molecule has 0 radical (unpaired) electrons. The molecule has 1 fully saturated rings. The van der Waals surface area contributed by atoms with E-state index in [1.807, 2.05) is 0 Å². The van der Waals surface area contributed by atoms with Crippen molar-refractivity contribution in [1.82, 2.24) is 0 Å². The summed E-state index contributed by atoms with van der Waals surface area (Å²) in [4.78, 5) is 25.1. The quantitative estimate of drug-likeness (QED) is 0.743. The molecular formula is C21H19FN2O4. The Balaban J connectivity index is 1.70. The highest BCUT2D eigenvalue weighted by molar-refractivity contribution is 6.11. The number of anilines is 1. The van der Waals surface area contributed by atoms with E-state index in [4.69, 9.17) is 9.47 Å². The smallest absolute Gasteiger partial charge is 0.249 e. The number of ketones is 1. The highest BCUT2D eigenvalue weighted by Crippen LogP contribution is 2.49. The molecular weight excluding hydrogens is 363 g/mol. The van der Waals surface area contributed by atoms with Crippen molar-refractivity contribution in [3.8, 4) is 17.6 Å². The number of carbonyl (C=O) groups is 2. The molecule has 28 heavy (non-hydrogen) atoms. The summed E-state index contributed by atoms with van der Waals surface area (Å²) in [7, 11) is 2.95. The fourth-order valence-electron chi connectivity index (χ4n) is 3.22. The Bertz CT molecular complexity index is 954. The Morgan fingerprint density at radius 2 is 1.89 bits per heavy atom. The van der Waals surface area contributed by atoms with E-state index >= 15 is 0 Å². The molecule has 1 saturated carbocycles. The standard InChI is InChI=1S/C21H19FN2O4/c1-27-18-8-7-12(9-19(18)28-2)24-21(26)16(11-23)20(25)15-10-14(15)13-5-3-4-6-17(13)22/h3-9,14-16H,10H2,1-2H3,(H,24,26). The lowest BCUT2D eigenvalue weighted by Crippen LogP contribution is -2.30. The first kappa shape index (κ1) is 19.4. The number of hydrogen-bond donors (Lipinski definition) is 1. The molecule has 1 aliphatic rings. The molecule has 0 aromatic heterocycles. The molecule has 144 valence electrons. The van der Waals surface area contributed by atoms with E-state index in [1.54, 1.807) is 36.4 Å². The lowest BCUT2D eigenvalue weighted by atomic mass is 9.98. The van der Waals surface area contributed by atoms with Crippen LogP contribution in [-0.2, 0) is 9.59 Å². The zero-order chi connectivity index (χ0) is 20.3. The van der Waals surface area contributed by atoms with E-state index in [2.05, 4.69) is 5.32 Å². The molecule has 0 aliphatic heterocycles. The van der Waals surface area contributed by atoms with Crippen LogP contribution in [-0.4, -0.2) is 25.9 Å². The number of ether oxygens (including phenoxy) is 2. The van der Waals surface area contributed by atoms with Gasteiger partial charge in [0, 0.05) is 17.7 Å². The first-order valence-corrected chi connectivity index (χ1v) is 8.70. The molecule has 2 aromatic rings. The number of nitrogens with one attached hydrogen (secondary N) is 1. The number of Topliss-reactive ketones (excluding diaryl/α,β-unsaturated/α-hetero) is 1. The zero-order valence-electron chi connectivity index (χ0n) is 15.4. The van der Waals surface area contributed by atoms with Crippen LogP contribution in [0, 0.1) is 29.0 Å². The van der Waals surface area contributed by atoms with E-state index in [1.165, 1.54) is 26.4 Å². The van der Waals surface area contributed by atoms with Crippen molar-refractivity contribution >= 4 is 17.4 Å². The highest BCUT2D eigenvalue weighted by atomic mass is 19.1. The number of benzene rings is 2. The van der Waals surface area contributed by atoms with Crippen LogP contribution in [0.15, 0.2) is 42.5 Å². The van der Waals surface area contributed by atoms with Gasteiger partial charge >= 0.3 is 0 Å². The van der Waals surface area contributed by atoms with Gasteiger partial charge < -0.3 is 14.8 Å². The van der Waals surface area contributed by atoms with Gasteiger partial charge in [-0.3, -0.25) is 9.59 Å². The monoisotopic (exact) mass is 382 g/mol. The minimum Gasteiger partial charge on any atom is -0.493 e. The molecule has 0 heterocycles. The van der Waals surface area contributed by atoms with Gasteiger partial charge in [0.15, 0.2) is 23.2 Å². The molecule has 0 bridgehead atoms. The van der Waals surface area contributed by atoms with Gasteiger partial charge in [-0.25, -0.2) is 4.39 Å². The van der Waals surface area contributed by atoms with Crippen LogP contribution in [0.25, 0.3) is 0 Å². The van der Waals surface area contributed by atoms with Crippen LogP contribution in [0.4, 0.5) is 10.1 Å². The second-order valence-corrected chi connectivity index (χ2v) is 6.49. The third kappa shape index (κ3) is 3.81. The molecule has 2 aromatic carbocycles. The van der Waals surface area contributed by atoms with Crippen LogP contribution >= 0.6 is 0 Å². The molecule has 1 amide bonds. The van der Waals surface area contributed by atoms with Crippen molar-refractivity contribution in [3.63, 3.8) is 0 Å². The summed E-state index contributed by atoms with van der Waals surface area (Å²) in [6.07, 6.45) is 0.432. The Kier molecular flexibility index (Phi) is 5.59. The second-order valence-electron chi connectivity index (χ2n) is 6.49. The predicted octanol–water partition coefficient (Wildman–Crippen LogP) is 3.29. The molecule has 3 rings (SSSR count). The van der Waals surface area contributed by atoms with Crippen molar-refractivity contribution in [3.05, 3.63) is 53.8 Å². The largest absolute Gasteiger partial charge is 0.493 e. The first-order valence-electron chi connectivity index (χ1n) is 8.70. The molecule has 1 N–H and O–H groups in total. The summed E-state index contributed by atoms with van der Waals surface area (Å²) >= 11 is 0. The van der Waals surface area contributed by atoms with Crippen LogP contribution < -0.4 is 14.8 Å². The van der Waals surface area contributed by atoms with E-state index in [0.29, 0.717) is 29.2 Å². The Labute approximate surface area is 161 Å². The number of hydrogen-bond acceptors (Lipinski definition) is 5. The third-order valence-corrected chi connectivity index (χ3v) is 4.79. The van der Waals surface area contributed by atoms with Gasteiger partial charge in [0.05, 0.1) is 20.3 Å². The first-order chi connectivity index (χ1) is 13.5. The van der Waals surface area contributed by atoms with Gasteiger partial charge in [-0.15, -0.1) is 0 Å². The van der Waals surface area contributed by atoms with Gasteiger partial charge in [-0.2, -0.15) is 5.26 Å². The van der Waals surface area contributed by atoms with Crippen molar-refractivity contribution in [2.24, 2.45) is 11.8 Å². The summed E-state index contributed by atoms with van der Waals surface area (Å²) in [5.41, 5.74) is 0.815. The number of carbonyl (C=O) groups excluding carboxylic acids is 2. The van der Waals surface area contributed by atoms with Crippen LogP contribution in [0.3, 0.4) is 0 Å². The normalized spacial score (nSPS) is 18.5. The number of halogens is 1. The maximum atomic E-state index is 13.9. The third-order valence-electron chi connectivity index (χ3n) is 4.79. The predicted molar refractivity (Wildman–Crippen MR) is 99.5 cm³/mol. The second kappa shape index (κ2) is 8.09. The average molecular weight is 382 g/mol. The molecule has 7 heteroatoms. The Hall–Kier alpha value is -3.40. The maximum absolute atomic E-state index is 13.9. The van der Waals surface area contributed by atoms with E-state index in [-0.39, 0.29) is 11.7 Å². The van der Waals surface area contributed by atoms with E-state index in [9.17, 15) is 19.2 Å². The molecule has 0 saturated heterocycles. The van der Waals surface area contributed by atoms with Crippen molar-refractivity contribution in [2.45, 2.75) is 12.3 Å². The summed E-state index contributed by atoms with van der Waals surface area (Å²) in [6, 6.07) is 12.7. The van der Waals surface area contributed by atoms with Crippen LogP contribution in [0.2, 0.25) is 0 Å². The average Bonchev–Trinajstić information content (AvgIpc) is 3.49. The van der Waals surface area contributed by atoms with Gasteiger partial charge in [-0.05, 0) is 36.1 Å². The SMILES string of the molecule is COc1ccc(NC(=O)C(C#N)C(=O)C2CC2c2ccccc2F)cc1OC. The molecule has 0 spiro atoms. The highest BCUT2D eigenvalue weighted by Gasteiger charge is 2.48. The summed E-state index contributed by atoms with van der Waals surface area (Å²) in [5.74, 6) is -2.99. The number of methoxy groups -OCH3 is 2. The number of nitriles is 1. The maximum Gasteiger partial charge on any atom is 0.249 e. The van der Waals surface area contributed by atoms with Crippen molar-refractivity contribution in [1.29, 1.82) is 5.26 Å². The Morgan fingerprint density at radius 3 is 2.54 bits per heavy atom. The topological polar surface area (TPSA) is 88.4 Å². The molecule has 6 nitrogen and oxygen atoms in total. The van der Waals surface area contributed by atoms with E-state index < -0.39 is 23.5 Å². The minimum absolute atomic E-state index is 0.293. The number of nitrogens with zero attached hydrogens (tertiary/aromatic N) is 1. The molecule has 1 aliphatic carbocycles. The number of rotatable bonds is 7. The lowest BCUT2D eigenvalue weighted by molar-refractivity contribution is -0.129. The fraction of sp³-hybridized carbons (Fsp3) is 0.286. The van der Waals surface area contributed by atoms with E-state index in [0.717, 1.165) is 0 Å².